The summed E-state index contributed by atoms with van der Waals surface area (Å²) in [6, 6.07) is 26.7. The number of aromatic nitrogens is 2. The Morgan fingerprint density at radius 2 is 1.57 bits per heavy atom. The van der Waals surface area contributed by atoms with Gasteiger partial charge in [0.1, 0.15) is 18.5 Å². The number of nitrogens with zero attached hydrogens (tertiary/aromatic N) is 2. The molecule has 1 aliphatic heterocycles. The van der Waals surface area contributed by atoms with Crippen LogP contribution in [0, 0.1) is 0 Å². The van der Waals surface area contributed by atoms with Crippen LogP contribution in [0.3, 0.4) is 0 Å². The first-order chi connectivity index (χ1) is 21.2. The van der Waals surface area contributed by atoms with Crippen molar-refractivity contribution in [1.82, 2.24) is 9.55 Å². The van der Waals surface area contributed by atoms with Crippen molar-refractivity contribution in [3.8, 4) is 0 Å². The van der Waals surface area contributed by atoms with Crippen LogP contribution in [0.4, 0.5) is 10.2 Å². The third kappa shape index (κ3) is 6.96. The van der Waals surface area contributed by atoms with Gasteiger partial charge < -0.3 is 19.5 Å². The first-order valence-corrected chi connectivity index (χ1v) is 13.7. The summed E-state index contributed by atoms with van der Waals surface area (Å²) in [6.45, 7) is 0.643. The lowest BCUT2D eigenvalue weighted by molar-refractivity contribution is -0.152. The number of rotatable bonds is 9. The van der Waals surface area contributed by atoms with Crippen molar-refractivity contribution in [2.24, 2.45) is 0 Å². The van der Waals surface area contributed by atoms with Crippen LogP contribution in [-0.2, 0) is 19.0 Å². The average molecular weight is 598 g/mol. The lowest BCUT2D eigenvalue weighted by Crippen LogP contribution is -2.45. The maximum Gasteiger partial charge on any atom is 0.351 e. The predicted molar refractivity (Wildman–Crippen MR) is 158 cm³/mol. The lowest BCUT2D eigenvalue weighted by Gasteiger charge is -2.27. The summed E-state index contributed by atoms with van der Waals surface area (Å²) in [6.07, 6.45) is -0.603. The van der Waals surface area contributed by atoms with Gasteiger partial charge in [0.05, 0.1) is 5.56 Å². The van der Waals surface area contributed by atoms with Crippen molar-refractivity contribution in [2.45, 2.75) is 31.0 Å². The normalized spacial score (nSPS) is 21.1. The van der Waals surface area contributed by atoms with Crippen LogP contribution in [0.25, 0.3) is 6.08 Å². The third-order valence-electron chi connectivity index (χ3n) is 6.88. The van der Waals surface area contributed by atoms with Crippen molar-refractivity contribution in [2.75, 3.05) is 11.9 Å². The van der Waals surface area contributed by atoms with E-state index in [0.717, 1.165) is 23.1 Å². The summed E-state index contributed by atoms with van der Waals surface area (Å²) < 4.78 is 34.2. The van der Waals surface area contributed by atoms with E-state index in [1.165, 1.54) is 18.3 Å². The molecular formula is C33H28FN3O7. The van der Waals surface area contributed by atoms with Gasteiger partial charge in [0.2, 0.25) is 0 Å². The van der Waals surface area contributed by atoms with Gasteiger partial charge in [-0.1, -0.05) is 66.7 Å². The van der Waals surface area contributed by atoms with Crippen molar-refractivity contribution in [3.05, 3.63) is 137 Å². The summed E-state index contributed by atoms with van der Waals surface area (Å²) in [4.78, 5) is 54.8. The molecule has 4 aromatic rings. The first-order valence-electron chi connectivity index (χ1n) is 13.7. The molecule has 0 bridgehead atoms. The molecule has 0 unspecified atom stereocenters. The van der Waals surface area contributed by atoms with Crippen LogP contribution < -0.4 is 11.0 Å². The summed E-state index contributed by atoms with van der Waals surface area (Å²) in [5.74, 6) is -2.10. The number of hydrogen-bond acceptors (Lipinski definition) is 8. The molecule has 1 saturated heterocycles. The molecule has 0 aliphatic carbocycles. The second-order valence-electron chi connectivity index (χ2n) is 10.1. The van der Waals surface area contributed by atoms with E-state index in [-0.39, 0.29) is 11.4 Å². The highest BCUT2D eigenvalue weighted by atomic mass is 19.1. The molecule has 10 nitrogen and oxygen atoms in total. The third-order valence-corrected chi connectivity index (χ3v) is 6.88. The van der Waals surface area contributed by atoms with Gasteiger partial charge >= 0.3 is 17.6 Å². The number of amides is 1. The predicted octanol–water partition coefficient (Wildman–Crippen LogP) is 4.60. The molecule has 4 atom stereocenters. The maximum absolute atomic E-state index is 16.5. The smallest absolute Gasteiger partial charge is 0.351 e. The minimum absolute atomic E-state index is 0.0546. The molecule has 0 spiro atoms. The fourth-order valence-electron chi connectivity index (χ4n) is 4.68. The summed E-state index contributed by atoms with van der Waals surface area (Å²) in [5, 5.41) is 2.52. The molecule has 1 N–H and O–H groups in total. The Labute approximate surface area is 251 Å². The summed E-state index contributed by atoms with van der Waals surface area (Å²) >= 11 is 0. The van der Waals surface area contributed by atoms with Gasteiger partial charge in [-0.15, -0.1) is 0 Å². The minimum Gasteiger partial charge on any atom is -0.459 e. The van der Waals surface area contributed by atoms with Gasteiger partial charge in [0.25, 0.3) is 5.91 Å². The van der Waals surface area contributed by atoms with Crippen molar-refractivity contribution < 1.29 is 33.0 Å². The molecule has 0 radical (unpaired) electrons. The molecule has 11 heteroatoms. The number of esters is 2. The fraction of sp³-hybridized carbons (Fsp3) is 0.182. The quantitative estimate of drug-likeness (QED) is 0.219. The molecule has 1 aliphatic rings. The Balaban J connectivity index is 1.36. The van der Waals surface area contributed by atoms with Crippen LogP contribution in [0.5, 0.6) is 0 Å². The van der Waals surface area contributed by atoms with E-state index < -0.39 is 54.2 Å². The van der Waals surface area contributed by atoms with Gasteiger partial charge in [-0.2, -0.15) is 4.98 Å². The monoisotopic (exact) mass is 597 g/mol. The Morgan fingerprint density at radius 3 is 2.20 bits per heavy atom. The van der Waals surface area contributed by atoms with Crippen LogP contribution in [0.15, 0.2) is 114 Å². The maximum atomic E-state index is 16.5. The zero-order chi connectivity index (χ0) is 31.1. The Hall–Kier alpha value is -5.42. The number of benzene rings is 3. The molecule has 5 rings (SSSR count). The zero-order valence-electron chi connectivity index (χ0n) is 23.5. The van der Waals surface area contributed by atoms with E-state index in [2.05, 4.69) is 10.3 Å². The van der Waals surface area contributed by atoms with Gasteiger partial charge in [0, 0.05) is 17.8 Å². The molecule has 224 valence electrons. The van der Waals surface area contributed by atoms with Gasteiger partial charge in [-0.05, 0) is 48.9 Å². The van der Waals surface area contributed by atoms with Crippen molar-refractivity contribution >= 4 is 29.7 Å². The Bertz CT molecular complexity index is 1710. The van der Waals surface area contributed by atoms with Crippen molar-refractivity contribution in [3.63, 3.8) is 0 Å². The van der Waals surface area contributed by atoms with Crippen LogP contribution in [-0.4, -0.2) is 51.9 Å². The SMILES string of the molecule is C[C@@]1(F)[C@H](OC(=O)/C=C/c2ccccc2)[C@@H](COC(=O)c2ccccc2)O[C@H]1n1ccc(NC(=O)c2ccccc2)nc1=O. The number of carbonyl (C=O) groups excluding carboxylic acids is 3. The molecule has 1 fully saturated rings. The van der Waals surface area contributed by atoms with Gasteiger partial charge in [-0.25, -0.2) is 18.8 Å². The van der Waals surface area contributed by atoms with Gasteiger partial charge in [0.15, 0.2) is 18.0 Å². The summed E-state index contributed by atoms with van der Waals surface area (Å²) in [5.41, 5.74) is -2.06. The standard InChI is InChI=1S/C33H28FN3O7/c1-33(34)28(44-27(38)18-17-22-11-5-2-6-12-22)25(21-42-30(40)24-15-9-4-10-16-24)43-31(33)37-20-19-26(36-32(37)41)35-29(39)23-13-7-3-8-14-23/h2-20,25,28,31H,21H2,1H3,(H,35,36,39,41)/b18-17+/t25-,28-,31-,33-/m1/s1. The topological polar surface area (TPSA) is 126 Å². The molecule has 0 saturated carbocycles. The van der Waals surface area contributed by atoms with E-state index >= 15 is 4.39 Å². The molecular weight excluding hydrogens is 569 g/mol. The Kier molecular flexibility index (Phi) is 9.06. The molecule has 1 aromatic heterocycles. The molecule has 3 aromatic carbocycles. The van der Waals surface area contributed by atoms with E-state index in [1.54, 1.807) is 84.9 Å². The summed E-state index contributed by atoms with van der Waals surface area (Å²) in [7, 11) is 0. The first kappa shape index (κ1) is 30.1. The van der Waals surface area contributed by atoms with E-state index in [1.807, 2.05) is 6.07 Å². The van der Waals surface area contributed by atoms with E-state index in [4.69, 9.17) is 14.2 Å². The second kappa shape index (κ2) is 13.3. The molecule has 2 heterocycles. The zero-order valence-corrected chi connectivity index (χ0v) is 23.5. The minimum atomic E-state index is -2.47. The van der Waals surface area contributed by atoms with Crippen LogP contribution >= 0.6 is 0 Å². The highest BCUT2D eigenvalue weighted by Crippen LogP contribution is 2.42. The number of hydrogen-bond donors (Lipinski definition) is 1. The van der Waals surface area contributed by atoms with E-state index in [9.17, 15) is 19.2 Å². The largest absolute Gasteiger partial charge is 0.459 e. The number of anilines is 1. The van der Waals surface area contributed by atoms with Crippen LogP contribution in [0.1, 0.15) is 39.4 Å². The van der Waals surface area contributed by atoms with E-state index in [0.29, 0.717) is 5.56 Å². The number of ether oxygens (including phenoxy) is 3. The lowest BCUT2D eigenvalue weighted by atomic mass is 9.98. The highest BCUT2D eigenvalue weighted by molar-refractivity contribution is 6.03. The Morgan fingerprint density at radius 1 is 0.955 bits per heavy atom. The average Bonchev–Trinajstić information content (AvgIpc) is 3.28. The van der Waals surface area contributed by atoms with Gasteiger partial charge in [-0.3, -0.25) is 9.36 Å². The number of carbonyl (C=O) groups is 3. The number of alkyl halides is 1. The molecule has 1 amide bonds. The van der Waals surface area contributed by atoms with Crippen molar-refractivity contribution in [1.29, 1.82) is 0 Å². The van der Waals surface area contributed by atoms with Crippen LogP contribution in [0.2, 0.25) is 0 Å². The fourth-order valence-corrected chi connectivity index (χ4v) is 4.68. The second-order valence-corrected chi connectivity index (χ2v) is 10.1. The number of halogens is 1. The number of nitrogens with one attached hydrogen (secondary N) is 1. The highest BCUT2D eigenvalue weighted by Gasteiger charge is 2.58. The molecule has 44 heavy (non-hydrogen) atoms.